The molecule has 0 saturated heterocycles. The fourth-order valence-corrected chi connectivity index (χ4v) is 0.680. The van der Waals surface area contributed by atoms with Crippen molar-refractivity contribution < 1.29 is 60.2 Å². The van der Waals surface area contributed by atoms with E-state index in [0.717, 1.165) is 22.4 Å². The molecule has 0 amide bonds. The molecule has 0 N–H and O–H groups in total. The maximum absolute atomic E-state index is 2.99. The molecule has 0 aromatic heterocycles. The van der Waals surface area contributed by atoms with Crippen LogP contribution in [0.1, 0.15) is 12.8 Å². The molecule has 0 heterocycles. The van der Waals surface area contributed by atoms with Crippen molar-refractivity contribution in [1.29, 1.82) is 0 Å². The van der Waals surface area contributed by atoms with Crippen LogP contribution in [0.15, 0.2) is 36.5 Å². The Morgan fingerprint density at radius 2 is 1.19 bits per heavy atom. The zero-order valence-corrected chi connectivity index (χ0v) is 16.5. The molecule has 0 aliphatic heterocycles. The molecule has 0 atom stereocenters. The average Bonchev–Trinajstić information content (AvgIpc) is 2.85. The Kier molecular flexibility index (Phi) is 40.3. The second-order valence-electron chi connectivity index (χ2n) is 2.58. The molecule has 0 aromatic carbocycles. The monoisotopic (exact) mass is 437 g/mol. The average molecular weight is 440 g/mol. The first kappa shape index (κ1) is 25.8. The summed E-state index contributed by atoms with van der Waals surface area (Å²) in [5.41, 5.74) is 0. The van der Waals surface area contributed by atoms with Crippen LogP contribution in [0, 0.1) is 12.2 Å². The number of hydrogen-bond donors (Lipinski definition) is 0. The summed E-state index contributed by atoms with van der Waals surface area (Å²) in [6.07, 6.45) is 20.0. The number of hydrogen-bond acceptors (Lipinski definition) is 0. The van der Waals surface area contributed by atoms with Gasteiger partial charge in [-0.3, -0.25) is 12.2 Å². The maximum atomic E-state index is 2.99. The molecule has 0 bridgehead atoms. The Labute approximate surface area is 143 Å². The van der Waals surface area contributed by atoms with Crippen LogP contribution >= 0.6 is 0 Å². The maximum Gasteiger partial charge on any atom is 4.00 e. The van der Waals surface area contributed by atoms with Crippen molar-refractivity contribution in [2.75, 3.05) is 0 Å². The quantitative estimate of drug-likeness (QED) is 0.281. The van der Waals surface area contributed by atoms with E-state index >= 15 is 0 Å². The van der Waals surface area contributed by atoms with Gasteiger partial charge in [0.05, 0.1) is 0 Å². The summed E-state index contributed by atoms with van der Waals surface area (Å²) in [5.74, 6) is 0. The summed E-state index contributed by atoms with van der Waals surface area (Å²) in [6.45, 7) is 4.42. The van der Waals surface area contributed by atoms with Gasteiger partial charge in [0.1, 0.15) is 0 Å². The zero-order chi connectivity index (χ0) is 9.78. The van der Waals surface area contributed by atoms with Gasteiger partial charge >= 0.3 is 26.2 Å². The largest absolute Gasteiger partial charge is 4.00 e. The SMILES string of the molecule is C[SiH]C.[Br-].[Br-].[C-]1=CC=CC1.[C-]1=CC=CC1.[Zr+4]. The molecular weight excluding hydrogens is 423 g/mol. The summed E-state index contributed by atoms with van der Waals surface area (Å²) in [7, 11) is 0.750. The van der Waals surface area contributed by atoms with E-state index in [0.29, 0.717) is 0 Å². The topological polar surface area (TPSA) is 0 Å². The summed E-state index contributed by atoms with van der Waals surface area (Å²) in [4.78, 5) is 0. The minimum absolute atomic E-state index is 0. The third-order valence-corrected chi connectivity index (χ3v) is 1.17. The van der Waals surface area contributed by atoms with Crippen molar-refractivity contribution in [3.05, 3.63) is 48.6 Å². The molecule has 0 unspecified atom stereocenters. The Balaban J connectivity index is -0.0000000638. The third-order valence-electron chi connectivity index (χ3n) is 1.17. The predicted octanol–water partition coefficient (Wildman–Crippen LogP) is -2.86. The molecule has 0 nitrogen and oxygen atoms in total. The fourth-order valence-electron chi connectivity index (χ4n) is 0.680. The molecule has 2 aliphatic rings. The van der Waals surface area contributed by atoms with E-state index < -0.39 is 0 Å². The Hall–Kier alpha value is 1.02. The van der Waals surface area contributed by atoms with Gasteiger partial charge < -0.3 is 34.0 Å². The summed E-state index contributed by atoms with van der Waals surface area (Å²) in [5, 5.41) is 0. The minimum atomic E-state index is 0. The predicted molar refractivity (Wildman–Crippen MR) is 62.0 cm³/mol. The molecule has 0 aromatic rings. The van der Waals surface area contributed by atoms with Crippen LogP contribution in [-0.2, 0) is 26.2 Å². The second kappa shape index (κ2) is 25.0. The molecule has 0 spiro atoms. The normalized spacial score (nSPS) is 12.1. The standard InChI is InChI=1S/2C5H5.C2H7Si.2BrH.Zr/c2*1-2-4-5-3-1;1-3-2;;;/h2*1-3H,4H2;3H,1-2H3;2*1H;/q2*-1;;;;+4/p-2. The fraction of sp³-hybridized carbons (Fsp3) is 0.333. The van der Waals surface area contributed by atoms with Crippen LogP contribution in [0.2, 0.25) is 13.1 Å². The second-order valence-corrected chi connectivity index (χ2v) is 3.74. The van der Waals surface area contributed by atoms with Gasteiger partial charge in [0.25, 0.3) is 0 Å². The van der Waals surface area contributed by atoms with Gasteiger partial charge in [0.15, 0.2) is 0 Å². The molecule has 87 valence electrons. The van der Waals surface area contributed by atoms with Crippen molar-refractivity contribution in [3.63, 3.8) is 0 Å². The molecule has 0 saturated carbocycles. The van der Waals surface area contributed by atoms with Gasteiger partial charge in [-0.15, -0.1) is 12.8 Å². The van der Waals surface area contributed by atoms with E-state index in [-0.39, 0.29) is 60.2 Å². The van der Waals surface area contributed by atoms with Crippen LogP contribution in [0.4, 0.5) is 0 Å². The minimum Gasteiger partial charge on any atom is -1.00 e. The molecular formula is C12H17Br2SiZr. The zero-order valence-electron chi connectivity index (χ0n) is 9.71. The van der Waals surface area contributed by atoms with E-state index in [1.54, 1.807) is 0 Å². The van der Waals surface area contributed by atoms with E-state index in [1.165, 1.54) is 0 Å². The van der Waals surface area contributed by atoms with Gasteiger partial charge in [-0.1, -0.05) is 13.1 Å². The van der Waals surface area contributed by atoms with E-state index in [2.05, 4.69) is 37.4 Å². The van der Waals surface area contributed by atoms with Gasteiger partial charge in [0, 0.05) is 9.52 Å². The third kappa shape index (κ3) is 24.3. The summed E-state index contributed by atoms with van der Waals surface area (Å²) in [6, 6.07) is 0. The van der Waals surface area contributed by atoms with E-state index in [9.17, 15) is 0 Å². The summed E-state index contributed by atoms with van der Waals surface area (Å²) >= 11 is 0. The van der Waals surface area contributed by atoms with Crippen LogP contribution in [0.25, 0.3) is 0 Å². The summed E-state index contributed by atoms with van der Waals surface area (Å²) < 4.78 is 0. The van der Waals surface area contributed by atoms with E-state index in [4.69, 9.17) is 0 Å². The molecule has 16 heavy (non-hydrogen) atoms. The smallest absolute Gasteiger partial charge is 1.00 e. The number of allylic oxidation sites excluding steroid dienone is 8. The first-order valence-electron chi connectivity index (χ1n) is 4.59. The van der Waals surface area contributed by atoms with Crippen LogP contribution < -0.4 is 34.0 Å². The van der Waals surface area contributed by atoms with Gasteiger partial charge in [0.2, 0.25) is 0 Å². The molecule has 0 fully saturated rings. The number of rotatable bonds is 0. The van der Waals surface area contributed by atoms with E-state index in [1.807, 2.05) is 24.3 Å². The van der Waals surface area contributed by atoms with Crippen LogP contribution in [0.3, 0.4) is 0 Å². The molecule has 4 heteroatoms. The van der Waals surface area contributed by atoms with Gasteiger partial charge in [-0.2, -0.15) is 12.2 Å². The van der Waals surface area contributed by atoms with Crippen molar-refractivity contribution in [2.45, 2.75) is 25.9 Å². The Bertz CT molecular complexity index is 169. The van der Waals surface area contributed by atoms with Crippen molar-refractivity contribution in [3.8, 4) is 0 Å². The molecule has 2 rings (SSSR count). The van der Waals surface area contributed by atoms with Crippen molar-refractivity contribution in [1.82, 2.24) is 0 Å². The molecule has 1 radical (unpaired) electrons. The van der Waals surface area contributed by atoms with Crippen molar-refractivity contribution in [2.24, 2.45) is 0 Å². The Morgan fingerprint density at radius 3 is 1.25 bits per heavy atom. The van der Waals surface area contributed by atoms with Crippen LogP contribution in [-0.4, -0.2) is 9.52 Å². The first-order valence-corrected chi connectivity index (χ1v) is 6.90. The van der Waals surface area contributed by atoms with Crippen molar-refractivity contribution >= 4 is 9.52 Å². The first-order chi connectivity index (χ1) is 6.41. The van der Waals surface area contributed by atoms with Crippen LogP contribution in [0.5, 0.6) is 0 Å². The van der Waals surface area contributed by atoms with Gasteiger partial charge in [-0.05, 0) is 0 Å². The van der Waals surface area contributed by atoms with Gasteiger partial charge in [-0.25, -0.2) is 24.3 Å². The Morgan fingerprint density at radius 1 is 0.875 bits per heavy atom. The molecule has 2 aliphatic carbocycles. The number of halogens is 2.